The topological polar surface area (TPSA) is 50.2 Å². The molecule has 1 saturated carbocycles. The summed E-state index contributed by atoms with van der Waals surface area (Å²) in [5, 5.41) is 7.85. The highest BCUT2D eigenvalue weighted by atomic mass is 35.5. The standard InChI is InChI=1S/C19H30N4O.ClH/c24-17(19(7-12-20-13-8-19)23-14-4-11-21-23)22-15-9-18(10-16-22)5-2-1-3-6-18;/h4,11,14,20H,1-3,5-10,12-13,15-16H2;1H. The molecular weight excluding hydrogens is 336 g/mol. The van der Waals surface area contributed by atoms with Gasteiger partial charge in [-0.1, -0.05) is 19.3 Å². The maximum absolute atomic E-state index is 13.5. The molecule has 3 fully saturated rings. The van der Waals surface area contributed by atoms with Crippen molar-refractivity contribution in [3.8, 4) is 0 Å². The van der Waals surface area contributed by atoms with Crippen LogP contribution in [0.25, 0.3) is 0 Å². The van der Waals surface area contributed by atoms with Crippen molar-refractivity contribution in [1.29, 1.82) is 0 Å². The maximum Gasteiger partial charge on any atom is 0.250 e. The van der Waals surface area contributed by atoms with Crippen molar-refractivity contribution >= 4 is 18.3 Å². The molecule has 1 amide bonds. The zero-order valence-electron chi connectivity index (χ0n) is 15.1. The van der Waals surface area contributed by atoms with Gasteiger partial charge in [0.05, 0.1) is 0 Å². The molecule has 1 aliphatic carbocycles. The van der Waals surface area contributed by atoms with Gasteiger partial charge in [-0.25, -0.2) is 0 Å². The van der Waals surface area contributed by atoms with Gasteiger partial charge in [0.15, 0.2) is 0 Å². The van der Waals surface area contributed by atoms with Gasteiger partial charge >= 0.3 is 0 Å². The maximum atomic E-state index is 13.5. The van der Waals surface area contributed by atoms with Gasteiger partial charge in [0.25, 0.3) is 5.91 Å². The van der Waals surface area contributed by atoms with E-state index in [-0.39, 0.29) is 12.4 Å². The van der Waals surface area contributed by atoms with Crippen LogP contribution in [0.2, 0.25) is 0 Å². The van der Waals surface area contributed by atoms with Gasteiger partial charge in [-0.2, -0.15) is 5.10 Å². The van der Waals surface area contributed by atoms with Gasteiger partial charge < -0.3 is 10.2 Å². The number of hydrogen-bond acceptors (Lipinski definition) is 3. The number of nitrogens with zero attached hydrogens (tertiary/aromatic N) is 3. The second kappa shape index (κ2) is 7.67. The third-order valence-corrected chi connectivity index (χ3v) is 6.80. The summed E-state index contributed by atoms with van der Waals surface area (Å²) in [4.78, 5) is 15.6. The van der Waals surface area contributed by atoms with Gasteiger partial charge in [0.1, 0.15) is 5.54 Å². The van der Waals surface area contributed by atoms with Crippen LogP contribution >= 0.6 is 12.4 Å². The molecule has 0 radical (unpaired) electrons. The molecule has 0 aromatic carbocycles. The Labute approximate surface area is 156 Å². The Bertz CT molecular complexity index is 552. The van der Waals surface area contributed by atoms with E-state index < -0.39 is 5.54 Å². The predicted molar refractivity (Wildman–Crippen MR) is 101 cm³/mol. The number of rotatable bonds is 2. The molecule has 2 aliphatic heterocycles. The number of likely N-dealkylation sites (tertiary alicyclic amines) is 1. The van der Waals surface area contributed by atoms with Crippen LogP contribution in [-0.4, -0.2) is 46.8 Å². The normalized spacial score (nSPS) is 25.4. The molecule has 6 heteroatoms. The second-order valence-electron chi connectivity index (χ2n) is 8.09. The van der Waals surface area contributed by atoms with E-state index >= 15 is 0 Å². The fourth-order valence-corrected chi connectivity index (χ4v) is 5.18. The average Bonchev–Trinajstić information content (AvgIpc) is 3.18. The molecule has 2 saturated heterocycles. The number of piperidine rings is 2. The summed E-state index contributed by atoms with van der Waals surface area (Å²) in [5.41, 5.74) is 0.0772. The number of nitrogens with one attached hydrogen (secondary N) is 1. The van der Waals surface area contributed by atoms with Crippen LogP contribution < -0.4 is 5.32 Å². The monoisotopic (exact) mass is 366 g/mol. The highest BCUT2D eigenvalue weighted by Crippen LogP contribution is 2.45. The van der Waals surface area contributed by atoms with Crippen LogP contribution in [0.5, 0.6) is 0 Å². The number of aromatic nitrogens is 2. The van der Waals surface area contributed by atoms with Crippen molar-refractivity contribution in [2.45, 2.75) is 63.3 Å². The van der Waals surface area contributed by atoms with Crippen LogP contribution in [0.4, 0.5) is 0 Å². The first kappa shape index (κ1) is 18.7. The summed E-state index contributed by atoms with van der Waals surface area (Å²) in [5.74, 6) is 0.304. The second-order valence-corrected chi connectivity index (χ2v) is 8.09. The molecule has 140 valence electrons. The van der Waals surface area contributed by atoms with E-state index in [4.69, 9.17) is 0 Å². The summed E-state index contributed by atoms with van der Waals surface area (Å²) in [6.45, 7) is 3.66. The Kier molecular flexibility index (Phi) is 5.74. The lowest BCUT2D eigenvalue weighted by atomic mass is 9.68. The minimum Gasteiger partial charge on any atom is -0.341 e. The molecule has 1 aromatic rings. The zero-order valence-corrected chi connectivity index (χ0v) is 15.9. The fourth-order valence-electron chi connectivity index (χ4n) is 5.18. The Morgan fingerprint density at radius 2 is 1.64 bits per heavy atom. The van der Waals surface area contributed by atoms with E-state index in [9.17, 15) is 4.79 Å². The smallest absolute Gasteiger partial charge is 0.250 e. The Hall–Kier alpha value is -1.07. The van der Waals surface area contributed by atoms with Crippen molar-refractivity contribution < 1.29 is 4.79 Å². The largest absolute Gasteiger partial charge is 0.341 e. The summed E-state index contributed by atoms with van der Waals surface area (Å²) >= 11 is 0. The average molecular weight is 367 g/mol. The minimum atomic E-state index is -0.466. The molecule has 1 aromatic heterocycles. The minimum absolute atomic E-state index is 0. The molecule has 0 unspecified atom stereocenters. The summed E-state index contributed by atoms with van der Waals surface area (Å²) < 4.78 is 1.93. The predicted octanol–water partition coefficient (Wildman–Crippen LogP) is 2.96. The molecule has 0 bridgehead atoms. The highest BCUT2D eigenvalue weighted by Gasteiger charge is 2.46. The van der Waals surface area contributed by atoms with Gasteiger partial charge in [0.2, 0.25) is 0 Å². The van der Waals surface area contributed by atoms with Gasteiger partial charge in [-0.15, -0.1) is 12.4 Å². The Balaban J connectivity index is 0.00000182. The van der Waals surface area contributed by atoms with Crippen molar-refractivity contribution in [3.05, 3.63) is 18.5 Å². The van der Waals surface area contributed by atoms with Crippen molar-refractivity contribution in [3.63, 3.8) is 0 Å². The summed E-state index contributed by atoms with van der Waals surface area (Å²) in [6, 6.07) is 1.93. The van der Waals surface area contributed by atoms with Gasteiger partial charge in [-0.3, -0.25) is 9.48 Å². The van der Waals surface area contributed by atoms with Crippen LogP contribution in [0.15, 0.2) is 18.5 Å². The third kappa shape index (κ3) is 3.45. The van der Waals surface area contributed by atoms with E-state index in [1.54, 1.807) is 6.20 Å². The molecule has 3 aliphatic rings. The number of carbonyl (C=O) groups is 1. The first-order valence-corrected chi connectivity index (χ1v) is 9.75. The highest BCUT2D eigenvalue weighted by molar-refractivity contribution is 5.85. The Morgan fingerprint density at radius 3 is 2.24 bits per heavy atom. The van der Waals surface area contributed by atoms with E-state index in [1.165, 1.54) is 44.9 Å². The SMILES string of the molecule is Cl.O=C(N1CCC2(CCCCC2)CC1)C1(n2cccn2)CCNCC1. The number of amides is 1. The van der Waals surface area contributed by atoms with Crippen molar-refractivity contribution in [2.24, 2.45) is 5.41 Å². The molecule has 1 N–H and O–H groups in total. The van der Waals surface area contributed by atoms with Crippen LogP contribution in [0.1, 0.15) is 57.8 Å². The number of hydrogen-bond donors (Lipinski definition) is 1. The van der Waals surface area contributed by atoms with Crippen molar-refractivity contribution in [2.75, 3.05) is 26.2 Å². The van der Waals surface area contributed by atoms with Crippen LogP contribution in [0.3, 0.4) is 0 Å². The van der Waals surface area contributed by atoms with Crippen LogP contribution in [-0.2, 0) is 10.3 Å². The Morgan fingerprint density at radius 1 is 0.960 bits per heavy atom. The molecule has 3 heterocycles. The molecule has 25 heavy (non-hydrogen) atoms. The van der Waals surface area contributed by atoms with E-state index in [0.717, 1.165) is 39.0 Å². The molecule has 1 spiro atoms. The third-order valence-electron chi connectivity index (χ3n) is 6.80. The molecular formula is C19H31ClN4O. The lowest BCUT2D eigenvalue weighted by molar-refractivity contribution is -0.146. The van der Waals surface area contributed by atoms with Gasteiger partial charge in [0, 0.05) is 25.5 Å². The zero-order chi connectivity index (χ0) is 16.5. The van der Waals surface area contributed by atoms with E-state index in [1.807, 2.05) is 16.9 Å². The summed E-state index contributed by atoms with van der Waals surface area (Å²) in [7, 11) is 0. The number of halogens is 1. The van der Waals surface area contributed by atoms with E-state index in [0.29, 0.717) is 11.3 Å². The van der Waals surface area contributed by atoms with Gasteiger partial charge in [-0.05, 0) is 63.1 Å². The first-order valence-electron chi connectivity index (χ1n) is 9.75. The first-order chi connectivity index (χ1) is 11.7. The quantitative estimate of drug-likeness (QED) is 0.875. The molecule has 5 nitrogen and oxygen atoms in total. The lowest BCUT2D eigenvalue weighted by Gasteiger charge is -2.47. The van der Waals surface area contributed by atoms with Crippen LogP contribution in [0, 0.1) is 5.41 Å². The fraction of sp³-hybridized carbons (Fsp3) is 0.789. The summed E-state index contributed by atoms with van der Waals surface area (Å²) in [6.07, 6.45) is 14.8. The molecule has 0 atom stereocenters. The lowest BCUT2D eigenvalue weighted by Crippen LogP contribution is -2.57. The molecule has 4 rings (SSSR count). The van der Waals surface area contributed by atoms with E-state index in [2.05, 4.69) is 15.3 Å². The van der Waals surface area contributed by atoms with Crippen molar-refractivity contribution in [1.82, 2.24) is 20.0 Å². The number of carbonyl (C=O) groups excluding carboxylic acids is 1.